The minimum atomic E-state index is -3.53. The van der Waals surface area contributed by atoms with Crippen molar-refractivity contribution in [3.8, 4) is 0 Å². The Kier molecular flexibility index (Phi) is 9.06. The molecule has 6 nitrogen and oxygen atoms in total. The van der Waals surface area contributed by atoms with Gasteiger partial charge in [0.25, 0.3) is 0 Å². The molecule has 0 bridgehead atoms. The number of nitrogens with zero attached hydrogens (tertiary/aromatic N) is 2. The number of hydrogen-bond donors (Lipinski definition) is 1. The third-order valence-corrected chi connectivity index (χ3v) is 8.29. The summed E-state index contributed by atoms with van der Waals surface area (Å²) in [6, 6.07) is 19.0. The van der Waals surface area contributed by atoms with Crippen LogP contribution < -0.4 is 5.32 Å². The number of piperidine rings is 1. The monoisotopic (exact) mass is 471 g/mol. The molecule has 2 aromatic carbocycles. The van der Waals surface area contributed by atoms with Gasteiger partial charge in [0.1, 0.15) is 0 Å². The number of sulfonamides is 1. The zero-order chi connectivity index (χ0) is 23.8. The predicted molar refractivity (Wildman–Crippen MR) is 133 cm³/mol. The van der Waals surface area contributed by atoms with E-state index in [1.54, 1.807) is 31.3 Å². The van der Waals surface area contributed by atoms with Crippen LogP contribution in [0.25, 0.3) is 0 Å². The SMILES string of the molecule is CC(C)C(=O)NC1CCN(CCC(CN(C)S(=O)(=O)c2ccccc2)c2ccccc2)CC1. The zero-order valence-electron chi connectivity index (χ0n) is 20.0. The van der Waals surface area contributed by atoms with Crippen LogP contribution >= 0.6 is 0 Å². The third-order valence-electron chi connectivity index (χ3n) is 6.45. The van der Waals surface area contributed by atoms with Crippen LogP contribution in [0.5, 0.6) is 0 Å². The van der Waals surface area contributed by atoms with E-state index in [0.29, 0.717) is 11.4 Å². The van der Waals surface area contributed by atoms with E-state index < -0.39 is 10.0 Å². The van der Waals surface area contributed by atoms with Crippen LogP contribution in [0.3, 0.4) is 0 Å². The predicted octanol–water partition coefficient (Wildman–Crippen LogP) is 3.72. The second-order valence-corrected chi connectivity index (χ2v) is 11.3. The summed E-state index contributed by atoms with van der Waals surface area (Å²) < 4.78 is 27.6. The van der Waals surface area contributed by atoms with E-state index >= 15 is 0 Å². The van der Waals surface area contributed by atoms with Crippen molar-refractivity contribution in [3.05, 3.63) is 66.2 Å². The van der Waals surface area contributed by atoms with Crippen LogP contribution in [-0.4, -0.2) is 62.8 Å². The lowest BCUT2D eigenvalue weighted by molar-refractivity contribution is -0.125. The van der Waals surface area contributed by atoms with E-state index in [9.17, 15) is 13.2 Å². The number of carbonyl (C=O) groups excluding carboxylic acids is 1. The number of benzene rings is 2. The van der Waals surface area contributed by atoms with Crippen LogP contribution in [0.1, 0.15) is 44.6 Å². The highest BCUT2D eigenvalue weighted by molar-refractivity contribution is 7.89. The maximum absolute atomic E-state index is 13.1. The van der Waals surface area contributed by atoms with Gasteiger partial charge in [0, 0.05) is 38.6 Å². The highest BCUT2D eigenvalue weighted by Crippen LogP contribution is 2.25. The van der Waals surface area contributed by atoms with Crippen molar-refractivity contribution in [1.29, 1.82) is 0 Å². The molecule has 0 aromatic heterocycles. The maximum atomic E-state index is 13.1. The van der Waals surface area contributed by atoms with Gasteiger partial charge < -0.3 is 10.2 Å². The molecule has 0 spiro atoms. The summed E-state index contributed by atoms with van der Waals surface area (Å²) in [5.74, 6) is 0.243. The Morgan fingerprint density at radius 1 is 1.03 bits per heavy atom. The maximum Gasteiger partial charge on any atom is 0.242 e. The van der Waals surface area contributed by atoms with Crippen molar-refractivity contribution in [3.63, 3.8) is 0 Å². The Hall–Kier alpha value is -2.22. The van der Waals surface area contributed by atoms with Gasteiger partial charge in [0.2, 0.25) is 15.9 Å². The van der Waals surface area contributed by atoms with Crippen molar-refractivity contribution < 1.29 is 13.2 Å². The number of hydrogen-bond acceptors (Lipinski definition) is 4. The lowest BCUT2D eigenvalue weighted by Gasteiger charge is -2.34. The molecule has 33 heavy (non-hydrogen) atoms. The zero-order valence-corrected chi connectivity index (χ0v) is 20.8. The molecule has 1 unspecified atom stereocenters. The van der Waals surface area contributed by atoms with Gasteiger partial charge in [-0.1, -0.05) is 62.4 Å². The molecule has 1 atom stereocenters. The summed E-state index contributed by atoms with van der Waals surface area (Å²) in [6.07, 6.45) is 2.79. The molecule has 0 aliphatic carbocycles. The van der Waals surface area contributed by atoms with E-state index in [-0.39, 0.29) is 23.8 Å². The van der Waals surface area contributed by atoms with Gasteiger partial charge in [-0.25, -0.2) is 12.7 Å². The fourth-order valence-electron chi connectivity index (χ4n) is 4.28. The lowest BCUT2D eigenvalue weighted by Crippen LogP contribution is -2.46. The first-order valence-electron chi connectivity index (χ1n) is 11.9. The fraction of sp³-hybridized carbons (Fsp3) is 0.500. The molecular formula is C26H37N3O3S. The molecule has 1 aliphatic rings. The van der Waals surface area contributed by atoms with Gasteiger partial charge >= 0.3 is 0 Å². The van der Waals surface area contributed by atoms with Crippen LogP contribution in [0, 0.1) is 5.92 Å². The van der Waals surface area contributed by atoms with E-state index in [1.807, 2.05) is 38.1 Å². The molecule has 1 N–H and O–H groups in total. The Morgan fingerprint density at radius 3 is 2.18 bits per heavy atom. The number of likely N-dealkylation sites (tertiary alicyclic amines) is 1. The molecule has 0 radical (unpaired) electrons. The average Bonchev–Trinajstić information content (AvgIpc) is 2.83. The number of carbonyl (C=O) groups is 1. The molecule has 180 valence electrons. The molecule has 0 saturated carbocycles. The Balaban J connectivity index is 1.60. The summed E-state index contributed by atoms with van der Waals surface area (Å²) in [5.41, 5.74) is 1.16. The molecule has 1 saturated heterocycles. The molecule has 1 heterocycles. The molecule has 3 rings (SSSR count). The highest BCUT2D eigenvalue weighted by Gasteiger charge is 2.26. The first-order valence-corrected chi connectivity index (χ1v) is 13.3. The van der Waals surface area contributed by atoms with Crippen LogP contribution in [-0.2, 0) is 14.8 Å². The van der Waals surface area contributed by atoms with Crippen molar-refractivity contribution >= 4 is 15.9 Å². The number of amides is 1. The van der Waals surface area contributed by atoms with Crippen LogP contribution in [0.4, 0.5) is 0 Å². The van der Waals surface area contributed by atoms with Crippen molar-refractivity contribution in [2.45, 2.75) is 50.0 Å². The standard InChI is InChI=1S/C26H37N3O3S/c1-21(2)26(30)27-24-15-18-29(19-16-24)17-14-23(22-10-6-4-7-11-22)20-28(3)33(31,32)25-12-8-5-9-13-25/h4-13,21,23-24H,14-20H2,1-3H3,(H,27,30). The first-order chi connectivity index (χ1) is 15.8. The Morgan fingerprint density at radius 2 is 1.61 bits per heavy atom. The molecule has 2 aromatic rings. The summed E-state index contributed by atoms with van der Waals surface area (Å²) in [6.45, 7) is 7.07. The fourth-order valence-corrected chi connectivity index (χ4v) is 5.51. The van der Waals surface area contributed by atoms with Gasteiger partial charge in [-0.15, -0.1) is 0 Å². The normalized spacial score (nSPS) is 16.8. The largest absolute Gasteiger partial charge is 0.353 e. The average molecular weight is 472 g/mol. The van der Waals surface area contributed by atoms with Crippen molar-refractivity contribution in [1.82, 2.24) is 14.5 Å². The number of nitrogens with one attached hydrogen (secondary N) is 1. The topological polar surface area (TPSA) is 69.7 Å². The summed E-state index contributed by atoms with van der Waals surface area (Å²) in [5, 5.41) is 3.15. The Bertz CT molecular complexity index is 972. The summed E-state index contributed by atoms with van der Waals surface area (Å²) in [4.78, 5) is 14.7. The molecule has 1 amide bonds. The number of rotatable bonds is 10. The number of likely N-dealkylation sites (N-methyl/N-ethyl adjacent to an activating group) is 1. The molecule has 1 fully saturated rings. The summed E-state index contributed by atoms with van der Waals surface area (Å²) >= 11 is 0. The second kappa shape index (κ2) is 11.8. The molecule has 1 aliphatic heterocycles. The van der Waals surface area contributed by atoms with Gasteiger partial charge in [0.15, 0.2) is 0 Å². The molecule has 7 heteroatoms. The van der Waals surface area contributed by atoms with Gasteiger partial charge in [0.05, 0.1) is 4.90 Å². The van der Waals surface area contributed by atoms with E-state index in [0.717, 1.165) is 44.5 Å². The molecular weight excluding hydrogens is 434 g/mol. The van der Waals surface area contributed by atoms with Crippen LogP contribution in [0.15, 0.2) is 65.6 Å². The van der Waals surface area contributed by atoms with Crippen LogP contribution in [0.2, 0.25) is 0 Å². The summed E-state index contributed by atoms with van der Waals surface area (Å²) in [7, 11) is -1.86. The lowest BCUT2D eigenvalue weighted by atomic mass is 9.94. The quantitative estimate of drug-likeness (QED) is 0.573. The van der Waals surface area contributed by atoms with Gasteiger partial charge in [-0.2, -0.15) is 0 Å². The highest BCUT2D eigenvalue weighted by atomic mass is 32.2. The van der Waals surface area contributed by atoms with E-state index in [4.69, 9.17) is 0 Å². The third kappa shape index (κ3) is 7.13. The van der Waals surface area contributed by atoms with E-state index in [2.05, 4.69) is 22.3 Å². The second-order valence-electron chi connectivity index (χ2n) is 9.27. The van der Waals surface area contributed by atoms with Gasteiger partial charge in [-0.3, -0.25) is 4.79 Å². The van der Waals surface area contributed by atoms with Crippen molar-refractivity contribution in [2.24, 2.45) is 5.92 Å². The first kappa shape index (κ1) is 25.4. The van der Waals surface area contributed by atoms with Crippen molar-refractivity contribution in [2.75, 3.05) is 33.2 Å². The van der Waals surface area contributed by atoms with E-state index in [1.165, 1.54) is 4.31 Å². The van der Waals surface area contributed by atoms with Gasteiger partial charge in [-0.05, 0) is 49.4 Å². The minimum absolute atomic E-state index is 0.0128. The Labute approximate surface area is 199 Å². The smallest absolute Gasteiger partial charge is 0.242 e. The minimum Gasteiger partial charge on any atom is -0.353 e.